The molecule has 0 fully saturated rings. The van der Waals surface area contributed by atoms with Crippen LogP contribution in [0.1, 0.15) is 32.8 Å². The van der Waals surface area contributed by atoms with Crippen molar-refractivity contribution in [1.82, 2.24) is 0 Å². The summed E-state index contributed by atoms with van der Waals surface area (Å²) in [5.74, 6) is 0.798. The SMILES string of the molecule is CCC(C)(C)c1cccc(OCC(=O)Oc2ccccc2)c1. The van der Waals surface area contributed by atoms with E-state index in [2.05, 4.69) is 26.8 Å². The molecule has 0 saturated heterocycles. The van der Waals surface area contributed by atoms with Gasteiger partial charge in [0.05, 0.1) is 0 Å². The number of rotatable bonds is 6. The molecule has 116 valence electrons. The van der Waals surface area contributed by atoms with Crippen molar-refractivity contribution in [3.63, 3.8) is 0 Å². The zero-order valence-corrected chi connectivity index (χ0v) is 13.3. The fourth-order valence-corrected chi connectivity index (χ4v) is 2.00. The Morgan fingerprint density at radius 1 is 1.00 bits per heavy atom. The van der Waals surface area contributed by atoms with Gasteiger partial charge in [-0.2, -0.15) is 0 Å². The van der Waals surface area contributed by atoms with E-state index in [0.717, 1.165) is 6.42 Å². The van der Waals surface area contributed by atoms with Gasteiger partial charge < -0.3 is 9.47 Å². The first-order valence-corrected chi connectivity index (χ1v) is 7.50. The summed E-state index contributed by atoms with van der Waals surface area (Å²) in [6.45, 7) is 6.43. The first kappa shape index (κ1) is 16.1. The Kier molecular flexibility index (Phi) is 5.21. The number of carbonyl (C=O) groups is 1. The maximum Gasteiger partial charge on any atom is 0.349 e. The summed E-state index contributed by atoms with van der Waals surface area (Å²) in [6.07, 6.45) is 1.03. The van der Waals surface area contributed by atoms with Crippen LogP contribution in [0.25, 0.3) is 0 Å². The van der Waals surface area contributed by atoms with E-state index in [-0.39, 0.29) is 12.0 Å². The summed E-state index contributed by atoms with van der Waals surface area (Å²) in [4.78, 5) is 11.8. The lowest BCUT2D eigenvalue weighted by Gasteiger charge is -2.23. The van der Waals surface area contributed by atoms with Crippen molar-refractivity contribution in [3.05, 3.63) is 60.2 Å². The standard InChI is InChI=1S/C19H22O3/c1-4-19(2,3)15-9-8-12-17(13-15)21-14-18(20)22-16-10-6-5-7-11-16/h5-13H,4,14H2,1-3H3. The molecular weight excluding hydrogens is 276 g/mol. The third kappa shape index (κ3) is 4.35. The number of carbonyl (C=O) groups excluding carboxylic acids is 1. The molecule has 0 heterocycles. The molecule has 0 amide bonds. The van der Waals surface area contributed by atoms with Crippen LogP contribution in [0.2, 0.25) is 0 Å². The van der Waals surface area contributed by atoms with Crippen molar-refractivity contribution in [2.24, 2.45) is 0 Å². The number of hydrogen-bond donors (Lipinski definition) is 0. The third-order valence-corrected chi connectivity index (χ3v) is 3.83. The molecule has 2 aromatic carbocycles. The molecule has 3 nitrogen and oxygen atoms in total. The Balaban J connectivity index is 1.94. The molecule has 0 radical (unpaired) electrons. The predicted octanol–water partition coefficient (Wildman–Crippen LogP) is 4.36. The molecular formula is C19H22O3. The zero-order chi connectivity index (χ0) is 16.0. The highest BCUT2D eigenvalue weighted by Gasteiger charge is 2.18. The molecule has 0 atom stereocenters. The largest absolute Gasteiger partial charge is 0.482 e. The van der Waals surface area contributed by atoms with Crippen LogP contribution in [0.15, 0.2) is 54.6 Å². The minimum atomic E-state index is -0.411. The Labute approximate surface area is 131 Å². The topological polar surface area (TPSA) is 35.5 Å². The van der Waals surface area contributed by atoms with Crippen molar-refractivity contribution in [2.45, 2.75) is 32.6 Å². The van der Waals surface area contributed by atoms with Gasteiger partial charge in [0.2, 0.25) is 0 Å². The molecule has 2 aromatic rings. The molecule has 22 heavy (non-hydrogen) atoms. The quantitative estimate of drug-likeness (QED) is 0.587. The van der Waals surface area contributed by atoms with Crippen molar-refractivity contribution in [2.75, 3.05) is 6.61 Å². The van der Waals surface area contributed by atoms with Gasteiger partial charge in [-0.05, 0) is 41.7 Å². The van der Waals surface area contributed by atoms with Crippen LogP contribution in [0, 0.1) is 0 Å². The lowest BCUT2D eigenvalue weighted by Crippen LogP contribution is -2.18. The summed E-state index contributed by atoms with van der Waals surface area (Å²) < 4.78 is 10.7. The fraction of sp³-hybridized carbons (Fsp3) is 0.316. The minimum absolute atomic E-state index is 0.0872. The first-order valence-electron chi connectivity index (χ1n) is 7.50. The second-order valence-corrected chi connectivity index (χ2v) is 5.84. The van der Waals surface area contributed by atoms with E-state index in [1.165, 1.54) is 5.56 Å². The molecule has 0 N–H and O–H groups in total. The highest BCUT2D eigenvalue weighted by Crippen LogP contribution is 2.29. The monoisotopic (exact) mass is 298 g/mol. The number of para-hydroxylation sites is 1. The molecule has 0 saturated carbocycles. The van der Waals surface area contributed by atoms with Crippen molar-refractivity contribution < 1.29 is 14.3 Å². The van der Waals surface area contributed by atoms with Crippen LogP contribution in [-0.4, -0.2) is 12.6 Å². The molecule has 0 spiro atoms. The molecule has 3 heteroatoms. The van der Waals surface area contributed by atoms with E-state index in [1.807, 2.05) is 36.4 Å². The number of esters is 1. The predicted molar refractivity (Wildman–Crippen MR) is 87.3 cm³/mol. The number of ether oxygens (including phenoxy) is 2. The summed E-state index contributed by atoms with van der Waals surface area (Å²) in [6, 6.07) is 16.9. The van der Waals surface area contributed by atoms with Crippen LogP contribution < -0.4 is 9.47 Å². The smallest absolute Gasteiger partial charge is 0.349 e. The molecule has 0 aliphatic heterocycles. The van der Waals surface area contributed by atoms with Crippen molar-refractivity contribution in [3.8, 4) is 11.5 Å². The zero-order valence-electron chi connectivity index (χ0n) is 13.3. The van der Waals surface area contributed by atoms with E-state index in [1.54, 1.807) is 12.1 Å². The van der Waals surface area contributed by atoms with Crippen LogP contribution in [-0.2, 0) is 10.2 Å². The van der Waals surface area contributed by atoms with Gasteiger partial charge in [-0.15, -0.1) is 0 Å². The second kappa shape index (κ2) is 7.12. The summed E-state index contributed by atoms with van der Waals surface area (Å²) >= 11 is 0. The summed E-state index contributed by atoms with van der Waals surface area (Å²) in [5.41, 5.74) is 1.29. The average Bonchev–Trinajstić information content (AvgIpc) is 2.54. The average molecular weight is 298 g/mol. The van der Waals surface area contributed by atoms with E-state index in [9.17, 15) is 4.79 Å². The number of hydrogen-bond acceptors (Lipinski definition) is 3. The Morgan fingerprint density at radius 3 is 2.36 bits per heavy atom. The van der Waals surface area contributed by atoms with Gasteiger partial charge in [-0.25, -0.2) is 4.79 Å². The first-order chi connectivity index (χ1) is 10.5. The van der Waals surface area contributed by atoms with Gasteiger partial charge in [-0.3, -0.25) is 0 Å². The lowest BCUT2D eigenvalue weighted by molar-refractivity contribution is -0.136. The highest BCUT2D eigenvalue weighted by molar-refractivity contribution is 5.73. The van der Waals surface area contributed by atoms with Crippen LogP contribution in [0.3, 0.4) is 0 Å². The van der Waals surface area contributed by atoms with Crippen LogP contribution in [0.5, 0.6) is 11.5 Å². The van der Waals surface area contributed by atoms with Gasteiger partial charge in [0.1, 0.15) is 11.5 Å². The van der Waals surface area contributed by atoms with Crippen LogP contribution in [0.4, 0.5) is 0 Å². The normalized spacial score (nSPS) is 11.0. The molecule has 0 unspecified atom stereocenters. The molecule has 0 bridgehead atoms. The van der Waals surface area contributed by atoms with Crippen molar-refractivity contribution >= 4 is 5.97 Å². The fourth-order valence-electron chi connectivity index (χ4n) is 2.00. The van der Waals surface area contributed by atoms with Crippen LogP contribution >= 0.6 is 0 Å². The van der Waals surface area contributed by atoms with E-state index >= 15 is 0 Å². The minimum Gasteiger partial charge on any atom is -0.482 e. The van der Waals surface area contributed by atoms with Crippen molar-refractivity contribution in [1.29, 1.82) is 0 Å². The highest BCUT2D eigenvalue weighted by atomic mass is 16.6. The van der Waals surface area contributed by atoms with Gasteiger partial charge in [0, 0.05) is 0 Å². The Morgan fingerprint density at radius 2 is 1.68 bits per heavy atom. The van der Waals surface area contributed by atoms with Gasteiger partial charge >= 0.3 is 5.97 Å². The number of benzene rings is 2. The molecule has 0 aliphatic carbocycles. The van der Waals surface area contributed by atoms with Gasteiger partial charge in [-0.1, -0.05) is 51.1 Å². The third-order valence-electron chi connectivity index (χ3n) is 3.83. The maximum absolute atomic E-state index is 11.8. The summed E-state index contributed by atoms with van der Waals surface area (Å²) in [7, 11) is 0. The molecule has 2 rings (SSSR count). The Bertz CT molecular complexity index is 618. The van der Waals surface area contributed by atoms with E-state index in [0.29, 0.717) is 11.5 Å². The van der Waals surface area contributed by atoms with E-state index in [4.69, 9.17) is 9.47 Å². The summed E-state index contributed by atoms with van der Waals surface area (Å²) in [5, 5.41) is 0. The van der Waals surface area contributed by atoms with Gasteiger partial charge in [0.15, 0.2) is 6.61 Å². The van der Waals surface area contributed by atoms with E-state index < -0.39 is 5.97 Å². The second-order valence-electron chi connectivity index (χ2n) is 5.84. The molecule has 0 aromatic heterocycles. The Hall–Kier alpha value is -2.29. The van der Waals surface area contributed by atoms with Gasteiger partial charge in [0.25, 0.3) is 0 Å². The molecule has 0 aliphatic rings. The maximum atomic E-state index is 11.8. The lowest BCUT2D eigenvalue weighted by atomic mass is 9.82.